The summed E-state index contributed by atoms with van der Waals surface area (Å²) in [5.41, 5.74) is 0. The molecular weight excluding hydrogens is 196 g/mol. The summed E-state index contributed by atoms with van der Waals surface area (Å²) in [6.07, 6.45) is 0.473. The van der Waals surface area contributed by atoms with Crippen LogP contribution in [0, 0.1) is 0 Å². The molecule has 1 heterocycles. The van der Waals surface area contributed by atoms with Crippen molar-refractivity contribution < 1.29 is 4.79 Å². The van der Waals surface area contributed by atoms with Gasteiger partial charge in [0, 0.05) is 6.42 Å². The molecule has 12 heavy (non-hydrogen) atoms. The van der Waals surface area contributed by atoms with Crippen LogP contribution in [0.15, 0.2) is 4.99 Å². The Balaban J connectivity index is 2.45. The summed E-state index contributed by atoms with van der Waals surface area (Å²) < 4.78 is -0.0443. The zero-order chi connectivity index (χ0) is 9.14. The largest absolute Gasteiger partial charge is 0.305 e. The van der Waals surface area contributed by atoms with Gasteiger partial charge in [0.25, 0.3) is 0 Å². The summed E-state index contributed by atoms with van der Waals surface area (Å²) >= 11 is 7.28. The number of nitrogens with zero attached hydrogens (tertiary/aromatic N) is 1. The summed E-state index contributed by atoms with van der Waals surface area (Å²) in [4.78, 5) is 15.1. The van der Waals surface area contributed by atoms with Crippen molar-refractivity contribution in [3.05, 3.63) is 0 Å². The zero-order valence-electron chi connectivity index (χ0n) is 7.00. The van der Waals surface area contributed by atoms with Crippen LogP contribution in [-0.4, -0.2) is 21.8 Å². The van der Waals surface area contributed by atoms with E-state index in [1.807, 2.05) is 6.92 Å². The first kappa shape index (κ1) is 9.86. The van der Waals surface area contributed by atoms with Gasteiger partial charge in [0.15, 0.2) is 5.17 Å². The molecule has 2 atom stereocenters. The van der Waals surface area contributed by atoms with E-state index in [9.17, 15) is 4.79 Å². The molecule has 1 aliphatic rings. The summed E-state index contributed by atoms with van der Waals surface area (Å²) in [5.74, 6) is -0.0146. The second-order valence-electron chi connectivity index (χ2n) is 2.55. The molecule has 5 heteroatoms. The highest BCUT2D eigenvalue weighted by molar-refractivity contribution is 8.15. The van der Waals surface area contributed by atoms with Crippen LogP contribution in [0.1, 0.15) is 20.3 Å². The Morgan fingerprint density at radius 2 is 2.50 bits per heavy atom. The molecule has 0 aromatic rings. The highest BCUT2D eigenvalue weighted by Crippen LogP contribution is 2.28. The first-order valence-electron chi connectivity index (χ1n) is 3.82. The number of alkyl halides is 1. The fourth-order valence-corrected chi connectivity index (χ4v) is 1.93. The number of thioether (sulfide) groups is 1. The highest BCUT2D eigenvalue weighted by Gasteiger charge is 2.25. The van der Waals surface area contributed by atoms with Crippen LogP contribution >= 0.6 is 23.4 Å². The van der Waals surface area contributed by atoms with Crippen molar-refractivity contribution in [1.82, 2.24) is 5.32 Å². The topological polar surface area (TPSA) is 41.5 Å². The molecule has 0 aromatic heterocycles. The average Bonchev–Trinajstić information content (AvgIpc) is 2.31. The molecule has 1 aliphatic heterocycles. The van der Waals surface area contributed by atoms with Crippen molar-refractivity contribution in [3.63, 3.8) is 0 Å². The Labute approximate surface area is 81.0 Å². The third kappa shape index (κ3) is 2.38. The van der Waals surface area contributed by atoms with Gasteiger partial charge >= 0.3 is 0 Å². The molecule has 0 fully saturated rings. The Hall–Kier alpha value is -0.220. The van der Waals surface area contributed by atoms with Gasteiger partial charge in [0.05, 0.1) is 6.04 Å². The maximum Gasteiger partial charge on any atom is 0.225 e. The molecule has 0 spiro atoms. The smallest absolute Gasteiger partial charge is 0.225 e. The van der Waals surface area contributed by atoms with E-state index >= 15 is 0 Å². The van der Waals surface area contributed by atoms with E-state index < -0.39 is 0 Å². The Morgan fingerprint density at radius 3 is 2.92 bits per heavy atom. The molecule has 0 radical (unpaired) electrons. The van der Waals surface area contributed by atoms with Gasteiger partial charge in [0.1, 0.15) is 4.71 Å². The van der Waals surface area contributed by atoms with Crippen LogP contribution < -0.4 is 5.32 Å². The summed E-state index contributed by atoms with van der Waals surface area (Å²) in [6, 6.07) is 0.0869. The number of carbonyl (C=O) groups is 1. The van der Waals surface area contributed by atoms with Crippen molar-refractivity contribution in [1.29, 1.82) is 0 Å². The van der Waals surface area contributed by atoms with Gasteiger partial charge in [-0.1, -0.05) is 18.7 Å². The highest BCUT2D eigenvalue weighted by atomic mass is 35.5. The molecular formula is C7H11ClN2OS. The van der Waals surface area contributed by atoms with Gasteiger partial charge < -0.3 is 5.32 Å². The Kier molecular flexibility index (Phi) is 3.40. The fraction of sp³-hybridized carbons (Fsp3) is 0.714. The quantitative estimate of drug-likeness (QED) is 0.662. The zero-order valence-corrected chi connectivity index (χ0v) is 8.58. The lowest BCUT2D eigenvalue weighted by Gasteiger charge is -2.01. The van der Waals surface area contributed by atoms with Gasteiger partial charge in [-0.05, 0) is 6.92 Å². The maximum absolute atomic E-state index is 10.9. The average molecular weight is 207 g/mol. The lowest BCUT2D eigenvalue weighted by Crippen LogP contribution is -2.26. The summed E-state index contributed by atoms with van der Waals surface area (Å²) in [6.45, 7) is 3.73. The number of rotatable bonds is 1. The Bertz CT molecular complexity index is 219. The molecule has 0 aliphatic carbocycles. The number of hydrogen-bond acceptors (Lipinski definition) is 3. The van der Waals surface area contributed by atoms with E-state index in [1.165, 1.54) is 11.8 Å². The molecule has 1 rings (SSSR count). The lowest BCUT2D eigenvalue weighted by molar-refractivity contribution is -0.119. The molecule has 68 valence electrons. The molecule has 3 nitrogen and oxygen atoms in total. The standard InChI is InChI=1S/C7H11ClN2OS/c1-3-5(11)10-7-9-4(2)6(8)12-7/h4,6H,3H2,1-2H3,(H,9,10,11). The molecule has 0 aromatic carbocycles. The van der Waals surface area contributed by atoms with E-state index in [0.29, 0.717) is 11.6 Å². The number of amidine groups is 1. The van der Waals surface area contributed by atoms with Crippen LogP contribution in [0.5, 0.6) is 0 Å². The normalized spacial score (nSPS) is 28.4. The number of carbonyl (C=O) groups excluding carboxylic acids is 1. The number of nitrogens with one attached hydrogen (secondary N) is 1. The van der Waals surface area contributed by atoms with Crippen LogP contribution in [0.4, 0.5) is 0 Å². The fourth-order valence-electron chi connectivity index (χ4n) is 0.748. The van der Waals surface area contributed by atoms with E-state index in [0.717, 1.165) is 0 Å². The van der Waals surface area contributed by atoms with E-state index in [4.69, 9.17) is 11.6 Å². The second-order valence-corrected chi connectivity index (χ2v) is 4.40. The molecule has 0 bridgehead atoms. The van der Waals surface area contributed by atoms with Crippen molar-refractivity contribution in [3.8, 4) is 0 Å². The number of hydrogen-bond donors (Lipinski definition) is 1. The SMILES string of the molecule is CCC(=O)NC1=NC(C)C(Cl)S1. The Morgan fingerprint density at radius 1 is 1.83 bits per heavy atom. The predicted octanol–water partition coefficient (Wildman–Crippen LogP) is 1.57. The van der Waals surface area contributed by atoms with E-state index in [2.05, 4.69) is 10.3 Å². The molecule has 1 N–H and O–H groups in total. The van der Waals surface area contributed by atoms with Gasteiger partial charge in [-0.15, -0.1) is 11.6 Å². The van der Waals surface area contributed by atoms with Crippen molar-refractivity contribution >= 4 is 34.4 Å². The van der Waals surface area contributed by atoms with E-state index in [1.54, 1.807) is 6.92 Å². The third-order valence-electron chi connectivity index (χ3n) is 1.49. The molecule has 0 saturated carbocycles. The van der Waals surface area contributed by atoms with Gasteiger partial charge in [0.2, 0.25) is 5.91 Å². The first-order valence-corrected chi connectivity index (χ1v) is 5.13. The van der Waals surface area contributed by atoms with Crippen molar-refractivity contribution in [2.24, 2.45) is 4.99 Å². The third-order valence-corrected chi connectivity index (χ3v) is 3.17. The van der Waals surface area contributed by atoms with E-state index in [-0.39, 0.29) is 16.7 Å². The maximum atomic E-state index is 10.9. The first-order chi connectivity index (χ1) is 5.63. The lowest BCUT2D eigenvalue weighted by atomic mass is 10.4. The predicted molar refractivity (Wildman–Crippen MR) is 52.6 cm³/mol. The minimum Gasteiger partial charge on any atom is -0.305 e. The summed E-state index contributed by atoms with van der Waals surface area (Å²) in [7, 11) is 0. The van der Waals surface area contributed by atoms with Crippen LogP contribution in [0.3, 0.4) is 0 Å². The van der Waals surface area contributed by atoms with Gasteiger partial charge in [-0.2, -0.15) is 0 Å². The molecule has 0 saturated heterocycles. The molecule has 2 unspecified atom stereocenters. The minimum absolute atomic E-state index is 0.0146. The van der Waals surface area contributed by atoms with Crippen molar-refractivity contribution in [2.45, 2.75) is 31.0 Å². The van der Waals surface area contributed by atoms with Crippen LogP contribution in [0.25, 0.3) is 0 Å². The molecule has 1 amide bonds. The monoisotopic (exact) mass is 206 g/mol. The van der Waals surface area contributed by atoms with Crippen LogP contribution in [-0.2, 0) is 4.79 Å². The number of aliphatic imine (C=N–C) groups is 1. The van der Waals surface area contributed by atoms with Crippen LogP contribution in [0.2, 0.25) is 0 Å². The minimum atomic E-state index is -0.0443. The van der Waals surface area contributed by atoms with Gasteiger partial charge in [-0.3, -0.25) is 9.79 Å². The summed E-state index contributed by atoms with van der Waals surface area (Å²) in [5, 5.41) is 3.33. The van der Waals surface area contributed by atoms with Gasteiger partial charge in [-0.25, -0.2) is 0 Å². The second kappa shape index (κ2) is 4.14. The number of amides is 1. The van der Waals surface area contributed by atoms with Crippen molar-refractivity contribution in [2.75, 3.05) is 0 Å². The number of halogens is 1.